The van der Waals surface area contributed by atoms with Crippen LogP contribution in [0.1, 0.15) is 20.8 Å². The zero-order chi connectivity index (χ0) is 7.71. The summed E-state index contributed by atoms with van der Waals surface area (Å²) >= 11 is 6.09. The number of hydrogen-bond acceptors (Lipinski definition) is 1. The van der Waals surface area contributed by atoms with Crippen molar-refractivity contribution in [3.05, 3.63) is 0 Å². The minimum Gasteiger partial charge on any atom is -0.398 e. The molecule has 0 rings (SSSR count). The summed E-state index contributed by atoms with van der Waals surface area (Å²) < 4.78 is 0. The summed E-state index contributed by atoms with van der Waals surface area (Å²) in [5, 5.41) is 8.96. The van der Waals surface area contributed by atoms with Gasteiger partial charge in [-0.1, -0.05) is 27.3 Å². The van der Waals surface area contributed by atoms with Crippen LogP contribution in [0.5, 0.6) is 0 Å². The van der Waals surface area contributed by atoms with Crippen molar-refractivity contribution in [3.63, 3.8) is 0 Å². The first kappa shape index (κ1) is 13.3. The molecule has 0 fully saturated rings. The topological polar surface area (TPSA) is 20.2 Å². The fourth-order valence-corrected chi connectivity index (χ4v) is 0.712. The van der Waals surface area contributed by atoms with Gasteiger partial charge in [-0.25, -0.2) is 0 Å². The molecule has 0 radical (unpaired) electrons. The number of aliphatic hydroxyl groups excluding tert-OH is 1. The van der Waals surface area contributed by atoms with Crippen LogP contribution in [0.4, 0.5) is 0 Å². The fourth-order valence-electron chi connectivity index (χ4n) is 0.237. The van der Waals surface area contributed by atoms with E-state index in [1.54, 1.807) is 0 Å². The predicted octanol–water partition coefficient (Wildman–Crippen LogP) is 0.680. The normalized spacial score (nSPS) is 17.4. The van der Waals surface area contributed by atoms with E-state index in [-0.39, 0.29) is 22.2 Å². The van der Waals surface area contributed by atoms with Gasteiger partial charge in [0.05, 0.1) is 6.23 Å². The largest absolute Gasteiger partial charge is 0.398 e. The van der Waals surface area contributed by atoms with E-state index in [0.717, 1.165) is 0 Å². The summed E-state index contributed by atoms with van der Waals surface area (Å²) in [6.45, 7) is 8.20. The summed E-state index contributed by atoms with van der Waals surface area (Å²) in [6, 6.07) is 0. The first-order valence-corrected chi connectivity index (χ1v) is 6.83. The van der Waals surface area contributed by atoms with E-state index < -0.39 is 7.38 Å². The maximum Gasteiger partial charge on any atom is 0.184 e. The molecular formula is C6H19ClOSi2. The van der Waals surface area contributed by atoms with Crippen LogP contribution < -0.4 is 0 Å². The van der Waals surface area contributed by atoms with E-state index in [9.17, 15) is 0 Å². The van der Waals surface area contributed by atoms with Gasteiger partial charge < -0.3 is 5.11 Å². The number of halogens is 1. The summed E-state index contributed by atoms with van der Waals surface area (Å²) in [7, 11) is -1.85. The van der Waals surface area contributed by atoms with Gasteiger partial charge in [-0.15, -0.1) is 0 Å². The summed E-state index contributed by atoms with van der Waals surface area (Å²) in [5.41, 5.74) is 0. The predicted molar refractivity (Wildman–Crippen MR) is 55.6 cm³/mol. The lowest BCUT2D eigenvalue weighted by atomic mass is 10.2. The molecule has 10 heavy (non-hydrogen) atoms. The van der Waals surface area contributed by atoms with Crippen LogP contribution in [0, 0.1) is 0 Å². The third-order valence-electron chi connectivity index (χ3n) is 1.86. The molecule has 0 bridgehead atoms. The fraction of sp³-hybridized carbons (Fsp3) is 1.00. The highest BCUT2D eigenvalue weighted by Gasteiger charge is 2.37. The molecule has 64 valence electrons. The van der Waals surface area contributed by atoms with Crippen LogP contribution in [0.25, 0.3) is 0 Å². The van der Waals surface area contributed by atoms with Gasteiger partial charge in [0.2, 0.25) is 0 Å². The van der Waals surface area contributed by atoms with Gasteiger partial charge in [-0.3, -0.25) is 0 Å². The average molecular weight is 199 g/mol. The van der Waals surface area contributed by atoms with Gasteiger partial charge in [0, 0.05) is 0 Å². The molecular weight excluding hydrogens is 180 g/mol. The Balaban J connectivity index is 0. The maximum absolute atomic E-state index is 8.86. The number of hydrogen-bond donors (Lipinski definition) is 1. The molecule has 0 spiro atoms. The Bertz CT molecular complexity index is 98.4. The lowest BCUT2D eigenvalue weighted by molar-refractivity contribution is 0.355. The highest BCUT2D eigenvalue weighted by atomic mass is 35.6. The Hall–Kier alpha value is 0.684. The van der Waals surface area contributed by atoms with Crippen LogP contribution in [0.2, 0.25) is 11.6 Å². The van der Waals surface area contributed by atoms with Crippen molar-refractivity contribution in [3.8, 4) is 0 Å². The minimum atomic E-state index is -1.85. The average Bonchev–Trinajstić information content (AvgIpc) is 1.64. The van der Waals surface area contributed by atoms with E-state index in [1.807, 2.05) is 6.55 Å². The summed E-state index contributed by atoms with van der Waals surface area (Å²) in [4.78, 5) is 0. The third-order valence-corrected chi connectivity index (χ3v) is 7.64. The molecule has 0 aromatic carbocycles. The number of aliphatic hydroxyl groups is 1. The molecule has 1 nitrogen and oxygen atoms in total. The van der Waals surface area contributed by atoms with Crippen molar-refractivity contribution in [1.82, 2.24) is 0 Å². The molecule has 0 aromatic heterocycles. The SMILES string of the molecule is CC(C)(C)[Si](C)(Cl)CO.[SiH4]. The molecule has 0 aliphatic carbocycles. The van der Waals surface area contributed by atoms with Crippen molar-refractivity contribution in [2.45, 2.75) is 32.4 Å². The van der Waals surface area contributed by atoms with Crippen molar-refractivity contribution in [2.24, 2.45) is 0 Å². The summed E-state index contributed by atoms with van der Waals surface area (Å²) in [6.07, 6.45) is 0.165. The van der Waals surface area contributed by atoms with Gasteiger partial charge in [-0.05, 0) is 16.0 Å². The van der Waals surface area contributed by atoms with Crippen molar-refractivity contribution >= 4 is 29.4 Å². The lowest BCUT2D eigenvalue weighted by Crippen LogP contribution is -2.38. The zero-order valence-electron chi connectivity index (χ0n) is 6.53. The van der Waals surface area contributed by atoms with E-state index in [2.05, 4.69) is 20.8 Å². The molecule has 1 N–H and O–H groups in total. The van der Waals surface area contributed by atoms with Crippen LogP contribution >= 0.6 is 11.1 Å². The Morgan fingerprint density at radius 3 is 1.70 bits per heavy atom. The van der Waals surface area contributed by atoms with Gasteiger partial charge >= 0.3 is 0 Å². The van der Waals surface area contributed by atoms with Crippen LogP contribution in [0.15, 0.2) is 0 Å². The molecule has 0 aliphatic heterocycles. The van der Waals surface area contributed by atoms with E-state index in [0.29, 0.717) is 0 Å². The van der Waals surface area contributed by atoms with Crippen LogP contribution in [-0.4, -0.2) is 29.7 Å². The van der Waals surface area contributed by atoms with E-state index in [1.165, 1.54) is 0 Å². The van der Waals surface area contributed by atoms with Gasteiger partial charge in [0.25, 0.3) is 0 Å². The van der Waals surface area contributed by atoms with Crippen LogP contribution in [0.3, 0.4) is 0 Å². The Morgan fingerprint density at radius 2 is 1.70 bits per heavy atom. The first-order valence-electron chi connectivity index (χ1n) is 3.11. The van der Waals surface area contributed by atoms with Gasteiger partial charge in [0.15, 0.2) is 7.38 Å². The van der Waals surface area contributed by atoms with Crippen molar-refractivity contribution in [2.75, 3.05) is 6.23 Å². The Labute approximate surface area is 73.5 Å². The van der Waals surface area contributed by atoms with Crippen molar-refractivity contribution in [1.29, 1.82) is 0 Å². The van der Waals surface area contributed by atoms with Crippen molar-refractivity contribution < 1.29 is 5.11 Å². The zero-order valence-corrected chi connectivity index (χ0v) is 8.29. The lowest BCUT2D eigenvalue weighted by Gasteiger charge is -2.31. The smallest absolute Gasteiger partial charge is 0.184 e. The molecule has 0 saturated carbocycles. The third kappa shape index (κ3) is 3.19. The minimum absolute atomic E-state index is 0. The van der Waals surface area contributed by atoms with Crippen LogP contribution in [-0.2, 0) is 0 Å². The molecule has 0 saturated heterocycles. The Kier molecular flexibility index (Phi) is 5.18. The molecule has 1 atom stereocenters. The molecule has 0 heterocycles. The maximum atomic E-state index is 8.86. The summed E-state index contributed by atoms with van der Waals surface area (Å²) in [5.74, 6) is 0. The van der Waals surface area contributed by atoms with E-state index >= 15 is 0 Å². The second-order valence-corrected chi connectivity index (χ2v) is 10.3. The molecule has 0 amide bonds. The quantitative estimate of drug-likeness (QED) is 0.486. The highest BCUT2D eigenvalue weighted by molar-refractivity contribution is 7.21. The van der Waals surface area contributed by atoms with E-state index in [4.69, 9.17) is 16.2 Å². The standard InChI is InChI=1S/C6H15ClOSi.H4Si/c1-6(2,3)9(4,7)5-8;/h8H,5H2,1-4H3;1H4. The molecule has 1 unspecified atom stereocenters. The van der Waals surface area contributed by atoms with Gasteiger partial charge in [0.1, 0.15) is 0 Å². The highest BCUT2D eigenvalue weighted by Crippen LogP contribution is 2.37. The second kappa shape index (κ2) is 3.90. The second-order valence-electron chi connectivity index (χ2n) is 3.61. The molecule has 0 aromatic rings. The number of rotatable bonds is 1. The molecule has 0 aliphatic rings. The first-order chi connectivity index (χ1) is 3.81. The molecule has 4 heteroatoms. The van der Waals surface area contributed by atoms with Gasteiger partial charge in [-0.2, -0.15) is 11.1 Å². The Morgan fingerprint density at radius 1 is 1.40 bits per heavy atom. The monoisotopic (exact) mass is 198 g/mol.